The minimum absolute atomic E-state index is 0.166. The summed E-state index contributed by atoms with van der Waals surface area (Å²) in [6.45, 7) is 0.269. The minimum atomic E-state index is -0.947. The van der Waals surface area contributed by atoms with E-state index in [1.807, 2.05) is 54.6 Å². The zero-order valence-corrected chi connectivity index (χ0v) is 17.1. The van der Waals surface area contributed by atoms with E-state index < -0.39 is 12.1 Å². The third kappa shape index (κ3) is 5.26. The molecule has 7 heteroatoms. The summed E-state index contributed by atoms with van der Waals surface area (Å²) in [5, 5.41) is 11.6. The van der Waals surface area contributed by atoms with Crippen molar-refractivity contribution >= 4 is 17.7 Å². The lowest BCUT2D eigenvalue weighted by Gasteiger charge is -2.08. The summed E-state index contributed by atoms with van der Waals surface area (Å²) in [6, 6.07) is 22.2. The predicted molar refractivity (Wildman–Crippen MR) is 118 cm³/mol. The molecule has 0 aliphatic rings. The molecule has 0 saturated carbocycles. The number of hydrogen-bond acceptors (Lipinski definition) is 5. The van der Waals surface area contributed by atoms with Gasteiger partial charge in [0, 0.05) is 23.6 Å². The van der Waals surface area contributed by atoms with E-state index >= 15 is 0 Å². The molecule has 0 bridgehead atoms. The summed E-state index contributed by atoms with van der Waals surface area (Å²) in [5.41, 5.74) is 3.16. The number of carboxylic acids is 1. The summed E-state index contributed by atoms with van der Waals surface area (Å²) in [5.74, 6) is 0.521. The van der Waals surface area contributed by atoms with Crippen LogP contribution in [0.15, 0.2) is 87.9 Å². The lowest BCUT2D eigenvalue weighted by Crippen LogP contribution is -2.15. The highest BCUT2D eigenvalue weighted by molar-refractivity contribution is 5.90. The van der Waals surface area contributed by atoms with Crippen LogP contribution in [0.4, 0.5) is 10.5 Å². The molecule has 0 atom stereocenters. The topological polar surface area (TPSA) is 102 Å². The van der Waals surface area contributed by atoms with Gasteiger partial charge >= 0.3 is 12.1 Å². The number of ether oxygens (including phenoxy) is 1. The first-order valence-corrected chi connectivity index (χ1v) is 10.0. The van der Waals surface area contributed by atoms with Crippen molar-refractivity contribution in [1.29, 1.82) is 0 Å². The molecule has 2 aromatic carbocycles. The fourth-order valence-electron chi connectivity index (χ4n) is 3.25. The van der Waals surface area contributed by atoms with Crippen LogP contribution in [0.2, 0.25) is 0 Å². The summed E-state index contributed by atoms with van der Waals surface area (Å²) in [7, 11) is 0. The maximum atomic E-state index is 12.2. The Balaban J connectivity index is 1.38. The molecule has 1 amide bonds. The third-order valence-electron chi connectivity index (χ3n) is 4.79. The van der Waals surface area contributed by atoms with Crippen molar-refractivity contribution in [2.45, 2.75) is 12.8 Å². The van der Waals surface area contributed by atoms with Crippen LogP contribution in [0, 0.1) is 0 Å². The summed E-state index contributed by atoms with van der Waals surface area (Å²) in [6.07, 6.45) is 1.41. The number of anilines is 1. The lowest BCUT2D eigenvalue weighted by atomic mass is 10.1. The number of benzene rings is 2. The second kappa shape index (κ2) is 9.70. The molecule has 0 spiro atoms. The monoisotopic (exact) mass is 431 g/mol. The number of carbonyl (C=O) groups excluding carboxylic acids is 1. The number of furan rings is 2. The normalized spacial score (nSPS) is 10.6. The van der Waals surface area contributed by atoms with Gasteiger partial charge in [-0.1, -0.05) is 54.6 Å². The highest BCUT2D eigenvalue weighted by Crippen LogP contribution is 2.31. The summed E-state index contributed by atoms with van der Waals surface area (Å²) < 4.78 is 16.4. The number of amides is 1. The Labute approximate surface area is 184 Å². The van der Waals surface area contributed by atoms with Gasteiger partial charge in [0.2, 0.25) is 0 Å². The lowest BCUT2D eigenvalue weighted by molar-refractivity contribution is -0.136. The molecular weight excluding hydrogens is 410 g/mol. The van der Waals surface area contributed by atoms with Gasteiger partial charge in [0.25, 0.3) is 0 Å². The van der Waals surface area contributed by atoms with Crippen molar-refractivity contribution in [2.75, 3.05) is 11.9 Å². The molecule has 4 aromatic rings. The average Bonchev–Trinajstić information content (AvgIpc) is 3.44. The molecule has 162 valence electrons. The van der Waals surface area contributed by atoms with Crippen molar-refractivity contribution in [2.24, 2.45) is 0 Å². The minimum Gasteiger partial charge on any atom is -0.481 e. The first-order valence-electron chi connectivity index (χ1n) is 10.0. The van der Waals surface area contributed by atoms with Gasteiger partial charge in [-0.25, -0.2) is 4.79 Å². The Hall–Kier alpha value is -4.26. The summed E-state index contributed by atoms with van der Waals surface area (Å²) in [4.78, 5) is 23.0. The molecule has 0 radical (unpaired) electrons. The Bertz CT molecular complexity index is 1190. The standard InChI is InChI=1S/C25H21NO6/c27-23(28)16-20-10-11-22(32-20)18-6-8-19(9-7-18)24-21(13-15-30-24)26-25(29)31-14-12-17-4-2-1-3-5-17/h1-11,13,15H,12,14,16H2,(H,26,29)(H,27,28). The van der Waals surface area contributed by atoms with Crippen LogP contribution < -0.4 is 5.32 Å². The summed E-state index contributed by atoms with van der Waals surface area (Å²) >= 11 is 0. The first-order chi connectivity index (χ1) is 15.6. The number of hydrogen-bond donors (Lipinski definition) is 2. The van der Waals surface area contributed by atoms with E-state index in [2.05, 4.69) is 5.32 Å². The van der Waals surface area contributed by atoms with Gasteiger partial charge in [0.1, 0.15) is 17.9 Å². The Kier molecular flexibility index (Phi) is 6.36. The number of carbonyl (C=O) groups is 2. The maximum Gasteiger partial charge on any atom is 0.411 e. The zero-order chi connectivity index (χ0) is 22.3. The van der Waals surface area contributed by atoms with E-state index in [9.17, 15) is 9.59 Å². The van der Waals surface area contributed by atoms with E-state index in [4.69, 9.17) is 18.7 Å². The molecule has 0 saturated heterocycles. The highest BCUT2D eigenvalue weighted by Gasteiger charge is 2.14. The third-order valence-corrected chi connectivity index (χ3v) is 4.79. The number of rotatable bonds is 8. The first kappa shape index (κ1) is 21.0. The Morgan fingerprint density at radius 1 is 0.906 bits per heavy atom. The maximum absolute atomic E-state index is 12.2. The van der Waals surface area contributed by atoms with Gasteiger partial charge in [-0.05, 0) is 17.7 Å². The predicted octanol–water partition coefficient (Wildman–Crippen LogP) is 5.62. The van der Waals surface area contributed by atoms with E-state index in [1.54, 1.807) is 18.2 Å². The van der Waals surface area contributed by atoms with Gasteiger partial charge in [0.15, 0.2) is 5.76 Å². The Morgan fingerprint density at radius 3 is 2.41 bits per heavy atom. The molecule has 32 heavy (non-hydrogen) atoms. The molecule has 0 aliphatic heterocycles. The quantitative estimate of drug-likeness (QED) is 0.375. The van der Waals surface area contributed by atoms with Gasteiger partial charge in [0.05, 0.1) is 18.6 Å². The molecule has 0 unspecified atom stereocenters. The smallest absolute Gasteiger partial charge is 0.411 e. The van der Waals surface area contributed by atoms with Crippen molar-refractivity contribution in [3.63, 3.8) is 0 Å². The average molecular weight is 431 g/mol. The van der Waals surface area contributed by atoms with Crippen LogP contribution in [0.1, 0.15) is 11.3 Å². The largest absolute Gasteiger partial charge is 0.481 e. The molecular formula is C25H21NO6. The molecule has 7 nitrogen and oxygen atoms in total. The Morgan fingerprint density at radius 2 is 1.66 bits per heavy atom. The van der Waals surface area contributed by atoms with E-state index in [0.717, 1.165) is 16.7 Å². The fraction of sp³-hybridized carbons (Fsp3) is 0.120. The van der Waals surface area contributed by atoms with Crippen LogP contribution in [0.3, 0.4) is 0 Å². The molecule has 4 rings (SSSR count). The molecule has 0 aliphatic carbocycles. The van der Waals surface area contributed by atoms with Crippen LogP contribution in [-0.4, -0.2) is 23.8 Å². The second-order valence-electron chi connectivity index (χ2n) is 7.07. The second-order valence-corrected chi connectivity index (χ2v) is 7.07. The molecule has 2 aromatic heterocycles. The molecule has 0 fully saturated rings. The van der Waals surface area contributed by atoms with Crippen LogP contribution in [0.25, 0.3) is 22.6 Å². The van der Waals surface area contributed by atoms with Crippen LogP contribution >= 0.6 is 0 Å². The molecule has 2 heterocycles. The van der Waals surface area contributed by atoms with Gasteiger partial charge in [-0.3, -0.25) is 10.1 Å². The molecule has 2 N–H and O–H groups in total. The van der Waals surface area contributed by atoms with Crippen molar-refractivity contribution in [3.8, 4) is 22.6 Å². The number of aliphatic carboxylic acids is 1. The van der Waals surface area contributed by atoms with Gasteiger partial charge < -0.3 is 18.7 Å². The SMILES string of the molecule is O=C(O)Cc1ccc(-c2ccc(-c3occc3NC(=O)OCCc3ccccc3)cc2)o1. The fourth-order valence-corrected chi connectivity index (χ4v) is 3.25. The number of carboxylic acid groups (broad SMARTS) is 1. The van der Waals surface area contributed by atoms with E-state index in [1.165, 1.54) is 6.26 Å². The van der Waals surface area contributed by atoms with E-state index in [0.29, 0.717) is 29.4 Å². The highest BCUT2D eigenvalue weighted by atomic mass is 16.5. The van der Waals surface area contributed by atoms with Gasteiger partial charge in [-0.2, -0.15) is 0 Å². The van der Waals surface area contributed by atoms with Gasteiger partial charge in [-0.15, -0.1) is 0 Å². The van der Waals surface area contributed by atoms with Crippen molar-refractivity contribution < 1.29 is 28.3 Å². The van der Waals surface area contributed by atoms with Crippen LogP contribution in [0.5, 0.6) is 0 Å². The van der Waals surface area contributed by atoms with E-state index in [-0.39, 0.29) is 13.0 Å². The van der Waals surface area contributed by atoms with Crippen molar-refractivity contribution in [3.05, 3.63) is 90.4 Å². The van der Waals surface area contributed by atoms with Crippen molar-refractivity contribution in [1.82, 2.24) is 0 Å². The zero-order valence-electron chi connectivity index (χ0n) is 17.1. The van der Waals surface area contributed by atoms with Crippen LogP contribution in [-0.2, 0) is 22.4 Å². The number of nitrogens with one attached hydrogen (secondary N) is 1.